The van der Waals surface area contributed by atoms with Gasteiger partial charge in [0.15, 0.2) is 8.32 Å². The van der Waals surface area contributed by atoms with E-state index in [4.69, 9.17) is 19.6 Å². The van der Waals surface area contributed by atoms with E-state index < -0.39 is 8.32 Å². The molecule has 1 aromatic heterocycles. The minimum Gasteiger partial charge on any atom is -0.460 e. The largest absolute Gasteiger partial charge is 0.460 e. The second-order valence-electron chi connectivity index (χ2n) is 8.56. The van der Waals surface area contributed by atoms with Gasteiger partial charge in [0.2, 0.25) is 0 Å². The van der Waals surface area contributed by atoms with Crippen LogP contribution < -0.4 is 5.73 Å². The van der Waals surface area contributed by atoms with Gasteiger partial charge < -0.3 is 19.6 Å². The fourth-order valence-electron chi connectivity index (χ4n) is 2.97. The molecule has 1 saturated heterocycles. The second kappa shape index (κ2) is 7.66. The lowest BCUT2D eigenvalue weighted by Crippen LogP contribution is -2.54. The maximum atomic E-state index is 11.7. The van der Waals surface area contributed by atoms with Crippen molar-refractivity contribution >= 4 is 20.0 Å². The summed E-state index contributed by atoms with van der Waals surface area (Å²) in [6.07, 6.45) is 2.68. The molecule has 6 nitrogen and oxygen atoms in total. The standard InChI is InChI=1S/C19H32N2O4Si/c1-12-18(25-26(6,7)19(3,4)5)17(24-13(2)22)10-16(23-12)14-8-9-21-11-15(14)20/h8-9,11-12,16-18H,10,20H2,1-7H3/t12-,16+,17-,18+/m0/s1. The van der Waals surface area contributed by atoms with E-state index in [0.717, 1.165) is 5.56 Å². The number of hydrogen-bond donors (Lipinski definition) is 1. The SMILES string of the molecule is CC(=O)O[C@H]1C[C@H](c2ccncc2N)O[C@@H](C)[C@H]1O[Si](C)(C)C(C)(C)C. The van der Waals surface area contributed by atoms with Crippen molar-refractivity contribution in [3.05, 3.63) is 24.0 Å². The van der Waals surface area contributed by atoms with Crippen LogP contribution in [0.25, 0.3) is 0 Å². The number of pyridine rings is 1. The van der Waals surface area contributed by atoms with Crippen molar-refractivity contribution in [2.24, 2.45) is 0 Å². The van der Waals surface area contributed by atoms with Gasteiger partial charge in [0.05, 0.1) is 24.1 Å². The number of nitrogens with two attached hydrogens (primary N) is 1. The first-order valence-corrected chi connectivity index (χ1v) is 12.0. The molecule has 0 spiro atoms. The van der Waals surface area contributed by atoms with Crippen LogP contribution in [-0.4, -0.2) is 37.6 Å². The van der Waals surface area contributed by atoms with E-state index in [0.29, 0.717) is 12.1 Å². The zero-order valence-electron chi connectivity index (χ0n) is 16.9. The predicted molar refractivity (Wildman–Crippen MR) is 104 cm³/mol. The Labute approximate surface area is 157 Å². The number of carbonyl (C=O) groups excluding carboxylic acids is 1. The van der Waals surface area contributed by atoms with Crippen molar-refractivity contribution < 1.29 is 18.7 Å². The molecule has 1 fully saturated rings. The predicted octanol–water partition coefficient (Wildman–Crippen LogP) is 3.84. The van der Waals surface area contributed by atoms with Crippen LogP contribution in [0.3, 0.4) is 0 Å². The van der Waals surface area contributed by atoms with Crippen LogP contribution in [0.15, 0.2) is 18.5 Å². The van der Waals surface area contributed by atoms with Gasteiger partial charge in [0.1, 0.15) is 12.2 Å². The Morgan fingerprint density at radius 3 is 2.58 bits per heavy atom. The maximum Gasteiger partial charge on any atom is 0.302 e. The topological polar surface area (TPSA) is 83.7 Å². The molecule has 7 heteroatoms. The summed E-state index contributed by atoms with van der Waals surface area (Å²) in [7, 11) is -2.05. The van der Waals surface area contributed by atoms with Gasteiger partial charge in [-0.05, 0) is 31.1 Å². The monoisotopic (exact) mass is 380 g/mol. The molecule has 2 rings (SSSR count). The molecule has 1 aliphatic heterocycles. The summed E-state index contributed by atoms with van der Waals surface area (Å²) in [5, 5.41) is 0.0554. The molecule has 0 radical (unpaired) electrons. The average Bonchev–Trinajstić information content (AvgIpc) is 2.49. The van der Waals surface area contributed by atoms with Crippen LogP contribution in [-0.2, 0) is 18.7 Å². The summed E-state index contributed by atoms with van der Waals surface area (Å²) in [6.45, 7) is 14.4. The van der Waals surface area contributed by atoms with Crippen molar-refractivity contribution in [2.45, 2.75) is 83.6 Å². The number of carbonyl (C=O) groups is 1. The Kier molecular flexibility index (Phi) is 6.15. The van der Waals surface area contributed by atoms with Crippen LogP contribution in [0.1, 0.15) is 52.7 Å². The lowest BCUT2D eigenvalue weighted by molar-refractivity contribution is -0.185. The molecule has 0 amide bonds. The lowest BCUT2D eigenvalue weighted by atomic mass is 9.94. The summed E-state index contributed by atoms with van der Waals surface area (Å²) in [6, 6.07) is 1.85. The Bertz CT molecular complexity index is 645. The van der Waals surface area contributed by atoms with Crippen molar-refractivity contribution in [3.63, 3.8) is 0 Å². The van der Waals surface area contributed by atoms with Gasteiger partial charge in [-0.3, -0.25) is 9.78 Å². The minimum atomic E-state index is -2.05. The first kappa shape index (κ1) is 20.9. The maximum absolute atomic E-state index is 11.7. The highest BCUT2D eigenvalue weighted by molar-refractivity contribution is 6.74. The quantitative estimate of drug-likeness (QED) is 0.631. The Hall–Kier alpha value is -1.44. The minimum absolute atomic E-state index is 0.0554. The van der Waals surface area contributed by atoms with Gasteiger partial charge >= 0.3 is 5.97 Å². The molecule has 1 aromatic rings. The van der Waals surface area contributed by atoms with Crippen LogP contribution in [0.2, 0.25) is 18.1 Å². The average molecular weight is 381 g/mol. The van der Waals surface area contributed by atoms with Crippen LogP contribution >= 0.6 is 0 Å². The Morgan fingerprint density at radius 1 is 1.38 bits per heavy atom. The van der Waals surface area contributed by atoms with E-state index in [9.17, 15) is 4.79 Å². The van der Waals surface area contributed by atoms with Crippen LogP contribution in [0, 0.1) is 0 Å². The molecule has 2 heterocycles. The smallest absolute Gasteiger partial charge is 0.302 e. The van der Waals surface area contributed by atoms with E-state index in [1.165, 1.54) is 6.92 Å². The van der Waals surface area contributed by atoms with Crippen LogP contribution in [0.4, 0.5) is 5.69 Å². The molecule has 0 bridgehead atoms. The summed E-state index contributed by atoms with van der Waals surface area (Å²) in [5.41, 5.74) is 7.51. The number of esters is 1. The molecule has 26 heavy (non-hydrogen) atoms. The van der Waals surface area contributed by atoms with E-state index in [1.54, 1.807) is 12.4 Å². The fourth-order valence-corrected chi connectivity index (χ4v) is 4.34. The zero-order valence-corrected chi connectivity index (χ0v) is 17.9. The summed E-state index contributed by atoms with van der Waals surface area (Å²) < 4.78 is 18.5. The van der Waals surface area contributed by atoms with Gasteiger partial charge in [-0.2, -0.15) is 0 Å². The highest BCUT2D eigenvalue weighted by atomic mass is 28.4. The third-order valence-corrected chi connectivity index (χ3v) is 9.92. The Balaban J connectivity index is 2.27. The molecule has 0 aliphatic carbocycles. The summed E-state index contributed by atoms with van der Waals surface area (Å²) in [5.74, 6) is -0.311. The van der Waals surface area contributed by atoms with E-state index >= 15 is 0 Å². The number of aromatic nitrogens is 1. The van der Waals surface area contributed by atoms with E-state index in [-0.39, 0.29) is 35.4 Å². The molecule has 0 aromatic carbocycles. The number of nitrogen functional groups attached to an aromatic ring is 1. The number of rotatable bonds is 4. The fraction of sp³-hybridized carbons (Fsp3) is 0.684. The van der Waals surface area contributed by atoms with Gasteiger partial charge in [-0.1, -0.05) is 20.8 Å². The van der Waals surface area contributed by atoms with Crippen molar-refractivity contribution in [1.29, 1.82) is 0 Å². The summed E-state index contributed by atoms with van der Waals surface area (Å²) >= 11 is 0. The van der Waals surface area contributed by atoms with Gasteiger partial charge in [-0.15, -0.1) is 0 Å². The third kappa shape index (κ3) is 4.63. The molecule has 0 unspecified atom stereocenters. The molecule has 4 atom stereocenters. The van der Waals surface area contributed by atoms with Crippen molar-refractivity contribution in [3.8, 4) is 0 Å². The number of hydrogen-bond acceptors (Lipinski definition) is 6. The molecular formula is C19H32N2O4Si. The Morgan fingerprint density at radius 2 is 2.04 bits per heavy atom. The molecular weight excluding hydrogens is 348 g/mol. The molecule has 1 aliphatic rings. The van der Waals surface area contributed by atoms with Gasteiger partial charge in [0.25, 0.3) is 0 Å². The van der Waals surface area contributed by atoms with Gasteiger partial charge in [0, 0.05) is 25.1 Å². The third-order valence-electron chi connectivity index (χ3n) is 5.44. The first-order chi connectivity index (χ1) is 11.9. The highest BCUT2D eigenvalue weighted by Gasteiger charge is 2.46. The van der Waals surface area contributed by atoms with E-state index in [1.807, 2.05) is 13.0 Å². The van der Waals surface area contributed by atoms with Gasteiger partial charge in [-0.25, -0.2) is 0 Å². The highest BCUT2D eigenvalue weighted by Crippen LogP contribution is 2.42. The normalized spacial score (nSPS) is 27.2. The number of nitrogens with zero attached hydrogens (tertiary/aromatic N) is 1. The van der Waals surface area contributed by atoms with Crippen molar-refractivity contribution in [2.75, 3.05) is 5.73 Å². The van der Waals surface area contributed by atoms with Crippen LogP contribution in [0.5, 0.6) is 0 Å². The van der Waals surface area contributed by atoms with E-state index in [2.05, 4.69) is 38.8 Å². The lowest BCUT2D eigenvalue weighted by Gasteiger charge is -2.46. The zero-order chi connectivity index (χ0) is 19.7. The van der Waals surface area contributed by atoms with Crippen molar-refractivity contribution in [1.82, 2.24) is 4.98 Å². The second-order valence-corrected chi connectivity index (χ2v) is 13.3. The number of ether oxygens (including phenoxy) is 2. The molecule has 146 valence electrons. The first-order valence-electron chi connectivity index (χ1n) is 9.12. The molecule has 2 N–H and O–H groups in total. The molecule has 0 saturated carbocycles. The summed E-state index contributed by atoms with van der Waals surface area (Å²) in [4.78, 5) is 15.7. The number of anilines is 1.